The molecule has 0 radical (unpaired) electrons. The molecule has 4 heteroatoms. The van der Waals surface area contributed by atoms with Gasteiger partial charge in [-0.3, -0.25) is 4.68 Å². The molecule has 1 aromatic heterocycles. The minimum Gasteiger partial charge on any atom is -0.268 e. The Morgan fingerprint density at radius 1 is 1.44 bits per heavy atom. The van der Waals surface area contributed by atoms with Gasteiger partial charge < -0.3 is 0 Å². The van der Waals surface area contributed by atoms with E-state index in [1.807, 2.05) is 28.9 Å². The van der Waals surface area contributed by atoms with Gasteiger partial charge >= 0.3 is 0 Å². The van der Waals surface area contributed by atoms with Crippen LogP contribution in [0.25, 0.3) is 11.3 Å². The molecule has 0 saturated heterocycles. The molecule has 0 unspecified atom stereocenters. The molecule has 2 rings (SSSR count). The monoisotopic (exact) mass is 298 g/mol. The smallest absolute Gasteiger partial charge is 0.107 e. The van der Waals surface area contributed by atoms with Crippen LogP contribution in [-0.2, 0) is 6.54 Å². The number of nitrogens with zero attached hydrogens (tertiary/aromatic N) is 2. The Labute approximate surface area is 108 Å². The third-order valence-electron chi connectivity index (χ3n) is 2.53. The van der Waals surface area contributed by atoms with Gasteiger partial charge in [0, 0.05) is 17.1 Å². The van der Waals surface area contributed by atoms with Crippen LogP contribution >= 0.6 is 27.5 Å². The van der Waals surface area contributed by atoms with Gasteiger partial charge in [0.1, 0.15) is 5.69 Å². The van der Waals surface area contributed by atoms with Crippen LogP contribution in [0.1, 0.15) is 12.6 Å². The van der Waals surface area contributed by atoms with Crippen LogP contribution in [0, 0.1) is 6.92 Å². The topological polar surface area (TPSA) is 17.8 Å². The van der Waals surface area contributed by atoms with Crippen molar-refractivity contribution >= 4 is 27.5 Å². The highest BCUT2D eigenvalue weighted by Gasteiger charge is 2.13. The fourth-order valence-electron chi connectivity index (χ4n) is 1.65. The summed E-state index contributed by atoms with van der Waals surface area (Å²) in [6.07, 6.45) is 0. The Morgan fingerprint density at radius 2 is 2.19 bits per heavy atom. The molecule has 0 N–H and O–H groups in total. The van der Waals surface area contributed by atoms with E-state index in [1.54, 1.807) is 0 Å². The Kier molecular flexibility index (Phi) is 3.36. The second kappa shape index (κ2) is 4.60. The zero-order valence-electron chi connectivity index (χ0n) is 9.17. The average Bonchev–Trinajstić information content (AvgIpc) is 2.56. The van der Waals surface area contributed by atoms with Crippen LogP contribution in [0.3, 0.4) is 0 Å². The maximum Gasteiger partial charge on any atom is 0.107 e. The van der Waals surface area contributed by atoms with Crippen molar-refractivity contribution in [2.75, 3.05) is 0 Å². The largest absolute Gasteiger partial charge is 0.268 e. The number of benzene rings is 1. The van der Waals surface area contributed by atoms with E-state index in [2.05, 4.69) is 34.9 Å². The third kappa shape index (κ3) is 2.02. The zero-order valence-corrected chi connectivity index (χ0v) is 11.5. The van der Waals surface area contributed by atoms with Gasteiger partial charge in [-0.05, 0) is 41.9 Å². The summed E-state index contributed by atoms with van der Waals surface area (Å²) >= 11 is 9.55. The fourth-order valence-corrected chi connectivity index (χ4v) is 2.36. The summed E-state index contributed by atoms with van der Waals surface area (Å²) in [6.45, 7) is 4.99. The summed E-state index contributed by atoms with van der Waals surface area (Å²) in [6, 6.07) is 7.74. The van der Waals surface area contributed by atoms with Crippen molar-refractivity contribution in [3.8, 4) is 11.3 Å². The van der Waals surface area contributed by atoms with E-state index in [1.165, 1.54) is 0 Å². The van der Waals surface area contributed by atoms with Gasteiger partial charge in [-0.1, -0.05) is 23.7 Å². The van der Waals surface area contributed by atoms with E-state index >= 15 is 0 Å². The molecule has 0 atom stereocenters. The minimum absolute atomic E-state index is 0.730. The van der Waals surface area contributed by atoms with Crippen LogP contribution in [0.5, 0.6) is 0 Å². The van der Waals surface area contributed by atoms with E-state index in [0.717, 1.165) is 33.0 Å². The highest BCUT2D eigenvalue weighted by molar-refractivity contribution is 9.10. The standard InChI is InChI=1S/C12H12BrClN2/c1-3-16-8(2)11(13)12(15-16)9-5-4-6-10(14)7-9/h4-7H,3H2,1-2H3. The van der Waals surface area contributed by atoms with Crippen LogP contribution in [0.2, 0.25) is 5.02 Å². The lowest BCUT2D eigenvalue weighted by atomic mass is 10.1. The predicted molar refractivity (Wildman–Crippen MR) is 70.8 cm³/mol. The van der Waals surface area contributed by atoms with Crippen LogP contribution in [0.4, 0.5) is 0 Å². The number of aromatic nitrogens is 2. The number of aryl methyl sites for hydroxylation is 1. The van der Waals surface area contributed by atoms with Crippen molar-refractivity contribution in [2.24, 2.45) is 0 Å². The van der Waals surface area contributed by atoms with E-state index in [-0.39, 0.29) is 0 Å². The van der Waals surface area contributed by atoms with Crippen molar-refractivity contribution in [1.29, 1.82) is 0 Å². The lowest BCUT2D eigenvalue weighted by molar-refractivity contribution is 0.641. The lowest BCUT2D eigenvalue weighted by Crippen LogP contribution is -1.98. The van der Waals surface area contributed by atoms with E-state index in [4.69, 9.17) is 11.6 Å². The normalized spacial score (nSPS) is 10.8. The Hall–Kier alpha value is -0.800. The molecule has 1 aromatic carbocycles. The number of hydrogen-bond donors (Lipinski definition) is 0. The SMILES string of the molecule is CCn1nc(-c2cccc(Cl)c2)c(Br)c1C. The van der Waals surface area contributed by atoms with Gasteiger partial charge in [0.25, 0.3) is 0 Å². The van der Waals surface area contributed by atoms with E-state index in [0.29, 0.717) is 0 Å². The van der Waals surface area contributed by atoms with Gasteiger partial charge in [-0.25, -0.2) is 0 Å². The molecule has 1 heterocycles. The minimum atomic E-state index is 0.730. The van der Waals surface area contributed by atoms with Crippen LogP contribution in [-0.4, -0.2) is 9.78 Å². The van der Waals surface area contributed by atoms with Crippen molar-refractivity contribution in [2.45, 2.75) is 20.4 Å². The Bertz CT molecular complexity index is 520. The first-order chi connectivity index (χ1) is 7.63. The molecule has 0 fully saturated rings. The zero-order chi connectivity index (χ0) is 11.7. The molecule has 2 nitrogen and oxygen atoms in total. The molecule has 84 valence electrons. The summed E-state index contributed by atoms with van der Waals surface area (Å²) in [7, 11) is 0. The molecule has 0 aliphatic carbocycles. The van der Waals surface area contributed by atoms with Crippen LogP contribution in [0.15, 0.2) is 28.7 Å². The highest BCUT2D eigenvalue weighted by atomic mass is 79.9. The Morgan fingerprint density at radius 3 is 2.75 bits per heavy atom. The molecule has 0 aliphatic heterocycles. The first-order valence-electron chi connectivity index (χ1n) is 5.12. The van der Waals surface area contributed by atoms with Crippen molar-refractivity contribution < 1.29 is 0 Å². The first-order valence-corrected chi connectivity index (χ1v) is 6.29. The van der Waals surface area contributed by atoms with Crippen molar-refractivity contribution in [3.05, 3.63) is 39.5 Å². The van der Waals surface area contributed by atoms with Gasteiger partial charge in [0.2, 0.25) is 0 Å². The molecule has 0 amide bonds. The van der Waals surface area contributed by atoms with Gasteiger partial charge in [0.05, 0.1) is 10.2 Å². The summed E-state index contributed by atoms with van der Waals surface area (Å²) in [5, 5.41) is 5.28. The van der Waals surface area contributed by atoms with E-state index < -0.39 is 0 Å². The first kappa shape index (κ1) is 11.7. The third-order valence-corrected chi connectivity index (χ3v) is 3.72. The number of hydrogen-bond acceptors (Lipinski definition) is 1. The second-order valence-corrected chi connectivity index (χ2v) is 4.80. The summed E-state index contributed by atoms with van der Waals surface area (Å²) in [4.78, 5) is 0. The molecule has 0 spiro atoms. The van der Waals surface area contributed by atoms with Crippen molar-refractivity contribution in [3.63, 3.8) is 0 Å². The maximum absolute atomic E-state index is 5.98. The summed E-state index contributed by atoms with van der Waals surface area (Å²) in [5.41, 5.74) is 3.12. The predicted octanol–water partition coefficient (Wildman–Crippen LogP) is 4.29. The highest BCUT2D eigenvalue weighted by Crippen LogP contribution is 2.31. The van der Waals surface area contributed by atoms with Gasteiger partial charge in [-0.2, -0.15) is 5.10 Å². The maximum atomic E-state index is 5.98. The molecule has 0 bridgehead atoms. The average molecular weight is 300 g/mol. The molecule has 16 heavy (non-hydrogen) atoms. The van der Waals surface area contributed by atoms with E-state index in [9.17, 15) is 0 Å². The number of halogens is 2. The fraction of sp³-hybridized carbons (Fsp3) is 0.250. The lowest BCUT2D eigenvalue weighted by Gasteiger charge is -1.98. The van der Waals surface area contributed by atoms with Crippen LogP contribution < -0.4 is 0 Å². The second-order valence-electron chi connectivity index (χ2n) is 3.57. The summed E-state index contributed by atoms with van der Waals surface area (Å²) < 4.78 is 3.01. The van der Waals surface area contributed by atoms with Crippen molar-refractivity contribution in [1.82, 2.24) is 9.78 Å². The quantitative estimate of drug-likeness (QED) is 0.808. The Balaban J connectivity index is 2.56. The number of rotatable bonds is 2. The molecular formula is C12H12BrClN2. The molecular weight excluding hydrogens is 288 g/mol. The molecule has 0 aliphatic rings. The van der Waals surface area contributed by atoms with Gasteiger partial charge in [-0.15, -0.1) is 0 Å². The molecule has 0 saturated carbocycles. The molecule has 2 aromatic rings. The summed E-state index contributed by atoms with van der Waals surface area (Å²) in [5.74, 6) is 0. The van der Waals surface area contributed by atoms with Gasteiger partial charge in [0.15, 0.2) is 0 Å².